The van der Waals surface area contributed by atoms with Crippen LogP contribution in [0.15, 0.2) is 30.3 Å². The van der Waals surface area contributed by atoms with Crippen molar-refractivity contribution in [2.24, 2.45) is 11.7 Å². The van der Waals surface area contributed by atoms with Crippen molar-refractivity contribution in [2.45, 2.75) is 25.8 Å². The van der Waals surface area contributed by atoms with Crippen LogP contribution in [0.4, 0.5) is 0 Å². The Balaban J connectivity index is 2.43. The summed E-state index contributed by atoms with van der Waals surface area (Å²) in [7, 11) is 0. The Hall–Kier alpha value is -1.35. The highest BCUT2D eigenvalue weighted by molar-refractivity contribution is 5.69. The van der Waals surface area contributed by atoms with Crippen molar-refractivity contribution in [3.63, 3.8) is 0 Å². The molecule has 0 saturated heterocycles. The van der Waals surface area contributed by atoms with Crippen molar-refractivity contribution < 1.29 is 9.90 Å². The van der Waals surface area contributed by atoms with E-state index in [0.717, 1.165) is 12.0 Å². The predicted octanol–water partition coefficient (Wildman–Crippen LogP) is 1.67. The van der Waals surface area contributed by atoms with Crippen LogP contribution in [0.5, 0.6) is 0 Å². The topological polar surface area (TPSA) is 63.3 Å². The molecule has 1 aromatic carbocycles. The van der Waals surface area contributed by atoms with Gasteiger partial charge < -0.3 is 10.8 Å². The van der Waals surface area contributed by atoms with Crippen molar-refractivity contribution in [2.75, 3.05) is 0 Å². The molecule has 0 heterocycles. The Morgan fingerprint density at radius 3 is 2.53 bits per heavy atom. The number of carbonyl (C=O) groups is 1. The fourth-order valence-electron chi connectivity index (χ4n) is 1.56. The van der Waals surface area contributed by atoms with Crippen LogP contribution >= 0.6 is 0 Å². The number of benzene rings is 1. The van der Waals surface area contributed by atoms with E-state index in [2.05, 4.69) is 0 Å². The van der Waals surface area contributed by atoms with Crippen molar-refractivity contribution in [3.8, 4) is 0 Å². The predicted molar refractivity (Wildman–Crippen MR) is 59.5 cm³/mol. The highest BCUT2D eigenvalue weighted by atomic mass is 16.4. The quantitative estimate of drug-likeness (QED) is 0.772. The molecule has 0 fully saturated rings. The van der Waals surface area contributed by atoms with Gasteiger partial charge in [0.05, 0.1) is 5.92 Å². The second-order valence-electron chi connectivity index (χ2n) is 3.92. The van der Waals surface area contributed by atoms with Crippen LogP contribution in [0, 0.1) is 5.92 Å². The molecule has 82 valence electrons. The highest BCUT2D eigenvalue weighted by Crippen LogP contribution is 2.09. The maximum atomic E-state index is 10.6. The minimum atomic E-state index is -0.779. The van der Waals surface area contributed by atoms with Crippen LogP contribution in [-0.4, -0.2) is 17.1 Å². The molecule has 15 heavy (non-hydrogen) atoms. The fraction of sp³-hybridized carbons (Fsp3) is 0.417. The number of carboxylic acid groups (broad SMARTS) is 1. The maximum absolute atomic E-state index is 10.6. The van der Waals surface area contributed by atoms with Crippen molar-refractivity contribution in [1.82, 2.24) is 0 Å². The first-order valence-corrected chi connectivity index (χ1v) is 5.12. The molecule has 2 atom stereocenters. The smallest absolute Gasteiger partial charge is 0.306 e. The summed E-state index contributed by atoms with van der Waals surface area (Å²) < 4.78 is 0. The summed E-state index contributed by atoms with van der Waals surface area (Å²) in [5.74, 6) is -1.15. The van der Waals surface area contributed by atoms with E-state index >= 15 is 0 Å². The molecule has 0 aliphatic carbocycles. The summed E-state index contributed by atoms with van der Waals surface area (Å²) >= 11 is 0. The molecule has 0 aliphatic rings. The largest absolute Gasteiger partial charge is 0.481 e. The van der Waals surface area contributed by atoms with Crippen molar-refractivity contribution in [3.05, 3.63) is 35.9 Å². The molecule has 1 rings (SSSR count). The Labute approximate surface area is 89.9 Å². The van der Waals surface area contributed by atoms with Gasteiger partial charge in [-0.2, -0.15) is 0 Å². The third kappa shape index (κ3) is 4.13. The molecule has 0 saturated carbocycles. The molecule has 0 aromatic heterocycles. The average molecular weight is 207 g/mol. The zero-order chi connectivity index (χ0) is 11.3. The molecule has 3 N–H and O–H groups in total. The lowest BCUT2D eigenvalue weighted by atomic mass is 9.97. The highest BCUT2D eigenvalue weighted by Gasteiger charge is 2.15. The van der Waals surface area contributed by atoms with Gasteiger partial charge in [-0.3, -0.25) is 4.79 Å². The van der Waals surface area contributed by atoms with E-state index in [1.807, 2.05) is 30.3 Å². The summed E-state index contributed by atoms with van der Waals surface area (Å²) in [6.07, 6.45) is 1.25. The van der Waals surface area contributed by atoms with Crippen molar-refractivity contribution in [1.29, 1.82) is 0 Å². The first kappa shape index (κ1) is 11.7. The minimum Gasteiger partial charge on any atom is -0.481 e. The number of carboxylic acids is 1. The van der Waals surface area contributed by atoms with Crippen LogP contribution in [0.2, 0.25) is 0 Å². The molecular formula is C12H17NO2. The lowest BCUT2D eigenvalue weighted by Crippen LogP contribution is -2.28. The third-order valence-corrected chi connectivity index (χ3v) is 2.42. The van der Waals surface area contributed by atoms with Crippen LogP contribution < -0.4 is 5.73 Å². The maximum Gasteiger partial charge on any atom is 0.306 e. The molecule has 0 unspecified atom stereocenters. The molecule has 0 bridgehead atoms. The monoisotopic (exact) mass is 207 g/mol. The lowest BCUT2D eigenvalue weighted by Gasteiger charge is -2.14. The molecular weight excluding hydrogens is 190 g/mol. The standard InChI is InChI=1S/C12H17NO2/c1-9(12(14)15)7-11(13)8-10-5-3-2-4-6-10/h2-6,9,11H,7-8,13H2,1H3,(H,14,15)/t9-,11-/m0/s1. The van der Waals surface area contributed by atoms with Gasteiger partial charge in [0.1, 0.15) is 0 Å². The van der Waals surface area contributed by atoms with Gasteiger partial charge in [-0.05, 0) is 18.4 Å². The molecule has 0 spiro atoms. The Kier molecular flexibility index (Phi) is 4.31. The normalized spacial score (nSPS) is 14.5. The number of nitrogens with two attached hydrogens (primary N) is 1. The van der Waals surface area contributed by atoms with E-state index in [9.17, 15) is 4.79 Å². The van der Waals surface area contributed by atoms with E-state index in [4.69, 9.17) is 10.8 Å². The zero-order valence-electron chi connectivity index (χ0n) is 8.89. The number of rotatable bonds is 5. The molecule has 3 nitrogen and oxygen atoms in total. The van der Waals surface area contributed by atoms with Gasteiger partial charge in [-0.25, -0.2) is 0 Å². The van der Waals surface area contributed by atoms with E-state index in [1.165, 1.54) is 0 Å². The van der Waals surface area contributed by atoms with Crippen LogP contribution in [0.1, 0.15) is 18.9 Å². The number of hydrogen-bond acceptors (Lipinski definition) is 2. The second-order valence-corrected chi connectivity index (χ2v) is 3.92. The third-order valence-electron chi connectivity index (χ3n) is 2.42. The summed E-state index contributed by atoms with van der Waals surface area (Å²) in [6.45, 7) is 1.69. The van der Waals surface area contributed by atoms with Gasteiger partial charge >= 0.3 is 5.97 Å². The molecule has 0 aliphatic heterocycles. The van der Waals surface area contributed by atoms with Gasteiger partial charge in [-0.15, -0.1) is 0 Å². The van der Waals surface area contributed by atoms with E-state index < -0.39 is 5.97 Å². The van der Waals surface area contributed by atoms with Crippen LogP contribution in [0.25, 0.3) is 0 Å². The average Bonchev–Trinajstić information content (AvgIpc) is 2.18. The molecule has 1 aromatic rings. The van der Waals surface area contributed by atoms with Crippen LogP contribution in [-0.2, 0) is 11.2 Å². The van der Waals surface area contributed by atoms with E-state index in [-0.39, 0.29) is 12.0 Å². The summed E-state index contributed by atoms with van der Waals surface area (Å²) in [4.78, 5) is 10.6. The number of hydrogen-bond donors (Lipinski definition) is 2. The van der Waals surface area contributed by atoms with E-state index in [0.29, 0.717) is 6.42 Å². The van der Waals surface area contributed by atoms with Gasteiger partial charge in [-0.1, -0.05) is 37.3 Å². The Morgan fingerprint density at radius 2 is 2.00 bits per heavy atom. The molecule has 0 radical (unpaired) electrons. The second kappa shape index (κ2) is 5.51. The zero-order valence-corrected chi connectivity index (χ0v) is 8.89. The Bertz CT molecular complexity index is 311. The van der Waals surface area contributed by atoms with Gasteiger partial charge in [0, 0.05) is 6.04 Å². The van der Waals surface area contributed by atoms with Gasteiger partial charge in [0.15, 0.2) is 0 Å². The summed E-state index contributed by atoms with van der Waals surface area (Å²) in [5.41, 5.74) is 7.04. The van der Waals surface area contributed by atoms with Gasteiger partial charge in [0.2, 0.25) is 0 Å². The molecule has 3 heteroatoms. The van der Waals surface area contributed by atoms with E-state index in [1.54, 1.807) is 6.92 Å². The Morgan fingerprint density at radius 1 is 1.40 bits per heavy atom. The van der Waals surface area contributed by atoms with Crippen LogP contribution in [0.3, 0.4) is 0 Å². The summed E-state index contributed by atoms with van der Waals surface area (Å²) in [6, 6.07) is 9.80. The summed E-state index contributed by atoms with van der Waals surface area (Å²) in [5, 5.41) is 8.74. The number of aliphatic carboxylic acids is 1. The fourth-order valence-corrected chi connectivity index (χ4v) is 1.56. The minimum absolute atomic E-state index is 0.0847. The molecule has 0 amide bonds. The van der Waals surface area contributed by atoms with Crippen molar-refractivity contribution >= 4 is 5.97 Å². The first-order chi connectivity index (χ1) is 7.09. The van der Waals surface area contributed by atoms with Gasteiger partial charge in [0.25, 0.3) is 0 Å². The first-order valence-electron chi connectivity index (χ1n) is 5.12. The lowest BCUT2D eigenvalue weighted by molar-refractivity contribution is -0.141. The SMILES string of the molecule is C[C@@H](C[C@H](N)Cc1ccccc1)C(=O)O.